The Morgan fingerprint density at radius 1 is 1.15 bits per heavy atom. The quantitative estimate of drug-likeness (QED) is 0.444. The molecule has 12 heteroatoms. The van der Waals surface area contributed by atoms with Crippen LogP contribution in [0.5, 0.6) is 0 Å². The number of amides is 3. The number of piperazine rings is 1. The highest BCUT2D eigenvalue weighted by Crippen LogP contribution is 2.23. The number of nitrogens with one attached hydrogen (secondary N) is 3. The van der Waals surface area contributed by atoms with E-state index in [9.17, 15) is 18.8 Å². The van der Waals surface area contributed by atoms with Crippen LogP contribution in [0.3, 0.4) is 0 Å². The van der Waals surface area contributed by atoms with E-state index in [2.05, 4.69) is 21.0 Å². The summed E-state index contributed by atoms with van der Waals surface area (Å²) in [5.41, 5.74) is 4.15. The van der Waals surface area contributed by atoms with E-state index < -0.39 is 11.9 Å². The molecule has 34 heavy (non-hydrogen) atoms. The van der Waals surface area contributed by atoms with Gasteiger partial charge in [-0.25, -0.2) is 14.6 Å². The molecule has 0 bridgehead atoms. The summed E-state index contributed by atoms with van der Waals surface area (Å²) in [4.78, 5) is 40.5. The van der Waals surface area contributed by atoms with Crippen molar-refractivity contribution in [1.29, 1.82) is 0 Å². The molecule has 0 unspecified atom stereocenters. The highest BCUT2D eigenvalue weighted by atomic mass is 19.1. The molecule has 2 fully saturated rings. The SMILES string of the molecule is CC(=O)NC[C@@H](CNc1ccc(N2CCNN(C(=O)N3CCN(C)CC3)CC2)c(F)c1)OC=O. The maximum absolute atomic E-state index is 14.9. The maximum atomic E-state index is 14.9. The number of anilines is 2. The summed E-state index contributed by atoms with van der Waals surface area (Å²) in [6.07, 6.45) is -0.579. The van der Waals surface area contributed by atoms with Crippen LogP contribution in [0.25, 0.3) is 0 Å². The van der Waals surface area contributed by atoms with E-state index in [-0.39, 0.29) is 25.0 Å². The monoisotopic (exact) mass is 479 g/mol. The van der Waals surface area contributed by atoms with Crippen molar-refractivity contribution >= 4 is 29.8 Å². The summed E-state index contributed by atoms with van der Waals surface area (Å²) < 4.78 is 19.9. The second-order valence-corrected chi connectivity index (χ2v) is 8.46. The van der Waals surface area contributed by atoms with E-state index in [1.54, 1.807) is 17.1 Å². The lowest BCUT2D eigenvalue weighted by Gasteiger charge is -2.35. The fraction of sp³-hybridized carbons (Fsp3) is 0.591. The Bertz CT molecular complexity index is 851. The summed E-state index contributed by atoms with van der Waals surface area (Å²) in [5, 5.41) is 7.24. The zero-order valence-electron chi connectivity index (χ0n) is 19.8. The van der Waals surface area contributed by atoms with Gasteiger partial charge in [-0.15, -0.1) is 0 Å². The summed E-state index contributed by atoms with van der Waals surface area (Å²) >= 11 is 0. The minimum absolute atomic E-state index is 0.0404. The maximum Gasteiger partial charge on any atom is 0.334 e. The number of urea groups is 1. The molecule has 11 nitrogen and oxygen atoms in total. The molecule has 1 atom stereocenters. The number of ether oxygens (including phenoxy) is 1. The minimum Gasteiger partial charge on any atom is -0.461 e. The van der Waals surface area contributed by atoms with Crippen LogP contribution in [-0.4, -0.2) is 112 Å². The van der Waals surface area contributed by atoms with Crippen LogP contribution in [0.15, 0.2) is 18.2 Å². The van der Waals surface area contributed by atoms with Crippen molar-refractivity contribution in [3.05, 3.63) is 24.0 Å². The largest absolute Gasteiger partial charge is 0.461 e. The fourth-order valence-electron chi connectivity index (χ4n) is 3.91. The predicted molar refractivity (Wildman–Crippen MR) is 126 cm³/mol. The van der Waals surface area contributed by atoms with E-state index in [1.807, 2.05) is 16.8 Å². The highest BCUT2D eigenvalue weighted by molar-refractivity contribution is 5.74. The van der Waals surface area contributed by atoms with Crippen molar-refractivity contribution in [2.24, 2.45) is 0 Å². The van der Waals surface area contributed by atoms with Crippen LogP contribution in [0.2, 0.25) is 0 Å². The van der Waals surface area contributed by atoms with Gasteiger partial charge in [0.1, 0.15) is 11.9 Å². The molecule has 3 amide bonds. The third kappa shape index (κ3) is 7.19. The number of likely N-dealkylation sites (N-methyl/N-ethyl adjacent to an activating group) is 1. The van der Waals surface area contributed by atoms with Crippen LogP contribution in [0, 0.1) is 5.82 Å². The van der Waals surface area contributed by atoms with E-state index in [1.165, 1.54) is 13.0 Å². The smallest absolute Gasteiger partial charge is 0.334 e. The van der Waals surface area contributed by atoms with Crippen molar-refractivity contribution < 1.29 is 23.5 Å². The molecule has 2 heterocycles. The van der Waals surface area contributed by atoms with Crippen molar-refractivity contribution in [3.8, 4) is 0 Å². The van der Waals surface area contributed by atoms with Gasteiger partial charge in [-0.2, -0.15) is 0 Å². The summed E-state index contributed by atoms with van der Waals surface area (Å²) in [5.74, 6) is -0.621. The number of nitrogens with zero attached hydrogens (tertiary/aromatic N) is 4. The molecule has 0 saturated carbocycles. The Kier molecular flexibility index (Phi) is 9.28. The lowest BCUT2D eigenvalue weighted by molar-refractivity contribution is -0.133. The van der Waals surface area contributed by atoms with Gasteiger partial charge in [0.25, 0.3) is 6.47 Å². The topological polar surface area (TPSA) is 109 Å². The van der Waals surface area contributed by atoms with Gasteiger partial charge >= 0.3 is 6.03 Å². The Morgan fingerprint density at radius 3 is 2.59 bits per heavy atom. The molecule has 1 aromatic rings. The number of carbonyl (C=O) groups is 3. The van der Waals surface area contributed by atoms with E-state index in [0.717, 1.165) is 13.1 Å². The molecular formula is C22H34FN7O4. The van der Waals surface area contributed by atoms with Gasteiger partial charge in [0.15, 0.2) is 0 Å². The normalized spacial score (nSPS) is 18.1. The van der Waals surface area contributed by atoms with Gasteiger partial charge in [0, 0.05) is 58.4 Å². The minimum atomic E-state index is -0.579. The molecule has 0 spiro atoms. The lowest BCUT2D eigenvalue weighted by atomic mass is 10.2. The highest BCUT2D eigenvalue weighted by Gasteiger charge is 2.26. The molecule has 0 radical (unpaired) electrons. The van der Waals surface area contributed by atoms with E-state index >= 15 is 0 Å². The molecule has 0 aromatic heterocycles. The number of hydrogen-bond donors (Lipinski definition) is 3. The lowest BCUT2D eigenvalue weighted by Crippen LogP contribution is -2.55. The van der Waals surface area contributed by atoms with Crippen molar-refractivity contribution in [1.82, 2.24) is 25.6 Å². The second-order valence-electron chi connectivity index (χ2n) is 8.46. The Hall–Kier alpha value is -3.12. The number of hydrazine groups is 1. The molecular weight excluding hydrogens is 445 g/mol. The molecule has 2 aliphatic heterocycles. The average molecular weight is 480 g/mol. The zero-order valence-corrected chi connectivity index (χ0v) is 19.8. The summed E-state index contributed by atoms with van der Waals surface area (Å²) in [6, 6.07) is 4.79. The number of hydrogen-bond acceptors (Lipinski definition) is 8. The van der Waals surface area contributed by atoms with Gasteiger partial charge in [-0.05, 0) is 25.2 Å². The molecule has 1 aromatic carbocycles. The Labute approximate surface area is 199 Å². The number of rotatable bonds is 8. The van der Waals surface area contributed by atoms with Gasteiger partial charge in [0.2, 0.25) is 5.91 Å². The predicted octanol–water partition coefficient (Wildman–Crippen LogP) is -0.0907. The van der Waals surface area contributed by atoms with Crippen LogP contribution < -0.4 is 21.0 Å². The van der Waals surface area contributed by atoms with Crippen LogP contribution in [0.4, 0.5) is 20.6 Å². The van der Waals surface area contributed by atoms with Gasteiger partial charge < -0.3 is 30.1 Å². The third-order valence-corrected chi connectivity index (χ3v) is 5.93. The molecule has 2 aliphatic rings. The number of carbonyl (C=O) groups excluding carboxylic acids is 3. The van der Waals surface area contributed by atoms with E-state index in [0.29, 0.717) is 57.1 Å². The van der Waals surface area contributed by atoms with Crippen molar-refractivity contribution in [2.45, 2.75) is 13.0 Å². The molecule has 3 N–H and O–H groups in total. The van der Waals surface area contributed by atoms with Crippen LogP contribution >= 0.6 is 0 Å². The van der Waals surface area contributed by atoms with E-state index in [4.69, 9.17) is 4.74 Å². The number of halogens is 1. The summed E-state index contributed by atoms with van der Waals surface area (Å²) in [7, 11) is 2.04. The molecule has 2 saturated heterocycles. The molecule has 3 rings (SSSR count). The fourth-order valence-corrected chi connectivity index (χ4v) is 3.91. The van der Waals surface area contributed by atoms with Crippen LogP contribution in [-0.2, 0) is 14.3 Å². The standard InChI is InChI=1S/C22H34FN7O4/c1-17(32)24-14-19(34-16-31)15-25-18-3-4-21(20(23)13-18)28-6-5-26-30(12-11-28)22(33)29-9-7-27(2)8-10-29/h3-4,13,16,19,25-26H,5-12,14-15H2,1-2H3,(H,24,32)/t19-/m0/s1. The Morgan fingerprint density at radius 2 is 1.91 bits per heavy atom. The van der Waals surface area contributed by atoms with Crippen molar-refractivity contribution in [2.75, 3.05) is 82.7 Å². The van der Waals surface area contributed by atoms with Gasteiger partial charge in [0.05, 0.1) is 25.3 Å². The van der Waals surface area contributed by atoms with Crippen LogP contribution in [0.1, 0.15) is 6.92 Å². The second kappa shape index (κ2) is 12.4. The third-order valence-electron chi connectivity index (χ3n) is 5.93. The van der Waals surface area contributed by atoms with Gasteiger partial charge in [-0.1, -0.05) is 0 Å². The zero-order chi connectivity index (χ0) is 24.5. The first-order valence-corrected chi connectivity index (χ1v) is 11.5. The average Bonchev–Trinajstić information content (AvgIpc) is 3.07. The first kappa shape index (κ1) is 25.5. The van der Waals surface area contributed by atoms with Crippen molar-refractivity contribution in [3.63, 3.8) is 0 Å². The first-order chi connectivity index (χ1) is 16.4. The first-order valence-electron chi connectivity index (χ1n) is 11.5. The molecule has 0 aliphatic carbocycles. The Balaban J connectivity index is 1.54. The summed E-state index contributed by atoms with van der Waals surface area (Å²) in [6.45, 7) is 7.20. The number of benzene rings is 1. The molecule has 188 valence electrons. The van der Waals surface area contributed by atoms with Gasteiger partial charge in [-0.3, -0.25) is 14.6 Å².